The van der Waals surface area contributed by atoms with Gasteiger partial charge in [-0.1, -0.05) is 62.4 Å². The minimum atomic E-state index is -0.195. The van der Waals surface area contributed by atoms with E-state index in [2.05, 4.69) is 34.9 Å². The number of benzene rings is 2. The van der Waals surface area contributed by atoms with Gasteiger partial charge in [0.05, 0.1) is 31.0 Å². The van der Waals surface area contributed by atoms with E-state index in [0.29, 0.717) is 29.5 Å². The third kappa shape index (κ3) is 3.51. The van der Waals surface area contributed by atoms with Crippen molar-refractivity contribution in [3.05, 3.63) is 88.9 Å². The molecule has 0 aliphatic carbocycles. The molecule has 7 heteroatoms. The molecule has 0 atom stereocenters. The first-order valence-corrected chi connectivity index (χ1v) is 10.6. The number of aromatic nitrogens is 6. The average molecular weight is 425 g/mol. The highest BCUT2D eigenvalue weighted by Gasteiger charge is 2.15. The minimum absolute atomic E-state index is 0.195. The number of hydrogen-bond donors (Lipinski definition) is 1. The number of H-pyrrole nitrogens is 1. The number of imidazole rings is 2. The number of nitrogens with zero attached hydrogens (tertiary/aromatic N) is 5. The van der Waals surface area contributed by atoms with Crippen molar-refractivity contribution in [2.24, 2.45) is 7.05 Å². The van der Waals surface area contributed by atoms with Crippen LogP contribution in [0.3, 0.4) is 0 Å². The number of aromatic amines is 1. The van der Waals surface area contributed by atoms with E-state index in [4.69, 9.17) is 4.98 Å². The second-order valence-electron chi connectivity index (χ2n) is 8.28. The zero-order valence-corrected chi connectivity index (χ0v) is 18.3. The standard InChI is InChI=1S/C25H24N6O/c1-16(2)19-6-4-5-7-20(19)23-27-12-21-24(29-23)31(25(32)28-21)14-17-8-10-18(11-9-17)22-13-26-15-30(22)3/h4-13,15-16H,14H2,1-3H3,(H,28,32). The van der Waals surface area contributed by atoms with Gasteiger partial charge in [-0.3, -0.25) is 4.57 Å². The zero-order valence-electron chi connectivity index (χ0n) is 18.3. The first-order chi connectivity index (χ1) is 15.5. The Balaban J connectivity index is 1.52. The van der Waals surface area contributed by atoms with Crippen LogP contribution in [-0.2, 0) is 13.6 Å². The molecule has 7 nitrogen and oxygen atoms in total. The van der Waals surface area contributed by atoms with Crippen LogP contribution in [0.4, 0.5) is 0 Å². The molecule has 0 aliphatic heterocycles. The first-order valence-electron chi connectivity index (χ1n) is 10.6. The van der Waals surface area contributed by atoms with E-state index in [1.54, 1.807) is 17.1 Å². The molecule has 0 saturated carbocycles. The molecule has 3 aromatic heterocycles. The Hall–Kier alpha value is -4.00. The van der Waals surface area contributed by atoms with Crippen LogP contribution >= 0.6 is 0 Å². The molecule has 5 aromatic rings. The van der Waals surface area contributed by atoms with Crippen LogP contribution < -0.4 is 5.69 Å². The number of rotatable bonds is 5. The quantitative estimate of drug-likeness (QED) is 0.455. The van der Waals surface area contributed by atoms with Crippen molar-refractivity contribution < 1.29 is 0 Å². The average Bonchev–Trinajstić information content (AvgIpc) is 3.36. The van der Waals surface area contributed by atoms with Gasteiger partial charge >= 0.3 is 5.69 Å². The summed E-state index contributed by atoms with van der Waals surface area (Å²) in [4.78, 5) is 29.1. The van der Waals surface area contributed by atoms with Crippen molar-refractivity contribution in [2.75, 3.05) is 0 Å². The molecule has 5 rings (SSSR count). The maximum absolute atomic E-state index is 12.7. The van der Waals surface area contributed by atoms with Crippen molar-refractivity contribution >= 4 is 11.2 Å². The molecule has 3 heterocycles. The zero-order chi connectivity index (χ0) is 22.2. The fourth-order valence-corrected chi connectivity index (χ4v) is 4.03. The Labute approximate surface area is 185 Å². The summed E-state index contributed by atoms with van der Waals surface area (Å²) < 4.78 is 3.64. The van der Waals surface area contributed by atoms with Gasteiger partial charge in [-0.2, -0.15) is 0 Å². The largest absolute Gasteiger partial charge is 0.334 e. The van der Waals surface area contributed by atoms with E-state index >= 15 is 0 Å². The molecular formula is C25H24N6O. The summed E-state index contributed by atoms with van der Waals surface area (Å²) in [7, 11) is 1.97. The summed E-state index contributed by atoms with van der Waals surface area (Å²) in [5, 5.41) is 0. The maximum Gasteiger partial charge on any atom is 0.328 e. The molecule has 0 aliphatic rings. The SMILES string of the molecule is CC(C)c1ccccc1-c1ncc2[nH]c(=O)n(Cc3ccc(-c4cncn4C)cc3)c2n1. The molecule has 0 amide bonds. The highest BCUT2D eigenvalue weighted by atomic mass is 16.1. The van der Waals surface area contributed by atoms with Crippen LogP contribution in [0.25, 0.3) is 33.8 Å². The molecule has 1 N–H and O–H groups in total. The van der Waals surface area contributed by atoms with Crippen LogP contribution in [0.2, 0.25) is 0 Å². The summed E-state index contributed by atoms with van der Waals surface area (Å²) in [6.07, 6.45) is 5.31. The van der Waals surface area contributed by atoms with Crippen LogP contribution in [-0.4, -0.2) is 29.1 Å². The van der Waals surface area contributed by atoms with Gasteiger partial charge in [0.15, 0.2) is 11.5 Å². The molecule has 160 valence electrons. The van der Waals surface area contributed by atoms with Gasteiger partial charge < -0.3 is 9.55 Å². The third-order valence-corrected chi connectivity index (χ3v) is 5.74. The molecule has 0 spiro atoms. The van der Waals surface area contributed by atoms with Crippen molar-refractivity contribution in [3.8, 4) is 22.6 Å². The van der Waals surface area contributed by atoms with Crippen molar-refractivity contribution in [2.45, 2.75) is 26.3 Å². The lowest BCUT2D eigenvalue weighted by atomic mass is 9.97. The lowest BCUT2D eigenvalue weighted by molar-refractivity contribution is 0.777. The molecule has 0 radical (unpaired) electrons. The van der Waals surface area contributed by atoms with E-state index in [1.165, 1.54) is 5.56 Å². The van der Waals surface area contributed by atoms with Crippen LogP contribution in [0.5, 0.6) is 0 Å². The fourth-order valence-electron chi connectivity index (χ4n) is 4.03. The lowest BCUT2D eigenvalue weighted by Crippen LogP contribution is -2.17. The van der Waals surface area contributed by atoms with Gasteiger partial charge in [0.2, 0.25) is 0 Å². The molecular weight excluding hydrogens is 400 g/mol. The molecule has 0 saturated heterocycles. The predicted molar refractivity (Wildman–Crippen MR) is 125 cm³/mol. The fraction of sp³-hybridized carbons (Fsp3) is 0.200. The van der Waals surface area contributed by atoms with Crippen LogP contribution in [0, 0.1) is 0 Å². The van der Waals surface area contributed by atoms with E-state index in [0.717, 1.165) is 22.4 Å². The topological polar surface area (TPSA) is 81.4 Å². The molecule has 0 bridgehead atoms. The van der Waals surface area contributed by atoms with E-state index in [-0.39, 0.29) is 5.69 Å². The highest BCUT2D eigenvalue weighted by Crippen LogP contribution is 2.27. The van der Waals surface area contributed by atoms with Crippen LogP contribution in [0.15, 0.2) is 72.0 Å². The van der Waals surface area contributed by atoms with Gasteiger partial charge in [0.1, 0.15) is 5.52 Å². The summed E-state index contributed by atoms with van der Waals surface area (Å²) in [5.41, 5.74) is 6.35. The number of fused-ring (bicyclic) bond motifs is 1. The minimum Gasteiger partial charge on any atom is -0.334 e. The van der Waals surface area contributed by atoms with Crippen LogP contribution in [0.1, 0.15) is 30.9 Å². The predicted octanol–water partition coefficient (Wildman–Crippen LogP) is 4.36. The molecule has 2 aromatic carbocycles. The molecule has 0 unspecified atom stereocenters. The van der Waals surface area contributed by atoms with Gasteiger partial charge in [0, 0.05) is 12.6 Å². The normalized spacial score (nSPS) is 11.5. The van der Waals surface area contributed by atoms with Gasteiger partial charge in [0.25, 0.3) is 0 Å². The molecule has 0 fully saturated rings. The van der Waals surface area contributed by atoms with E-state index in [9.17, 15) is 4.79 Å². The Bertz CT molecular complexity index is 1460. The van der Waals surface area contributed by atoms with E-state index in [1.807, 2.05) is 60.3 Å². The second-order valence-corrected chi connectivity index (χ2v) is 8.28. The van der Waals surface area contributed by atoms with Crippen molar-refractivity contribution in [1.29, 1.82) is 0 Å². The third-order valence-electron chi connectivity index (χ3n) is 5.74. The second kappa shape index (κ2) is 7.92. The summed E-state index contributed by atoms with van der Waals surface area (Å²) in [5.74, 6) is 0.970. The Kier molecular flexibility index (Phi) is 4.93. The maximum atomic E-state index is 12.7. The van der Waals surface area contributed by atoms with Gasteiger partial charge in [-0.15, -0.1) is 0 Å². The summed E-state index contributed by atoms with van der Waals surface area (Å²) >= 11 is 0. The monoisotopic (exact) mass is 424 g/mol. The van der Waals surface area contributed by atoms with Gasteiger partial charge in [-0.05, 0) is 22.6 Å². The van der Waals surface area contributed by atoms with Crippen molar-refractivity contribution in [3.63, 3.8) is 0 Å². The van der Waals surface area contributed by atoms with Crippen molar-refractivity contribution in [1.82, 2.24) is 29.1 Å². The lowest BCUT2D eigenvalue weighted by Gasteiger charge is -2.11. The van der Waals surface area contributed by atoms with E-state index < -0.39 is 0 Å². The number of aryl methyl sites for hydroxylation is 1. The summed E-state index contributed by atoms with van der Waals surface area (Å²) in [6.45, 7) is 4.73. The Morgan fingerprint density at radius 2 is 1.81 bits per heavy atom. The number of nitrogens with one attached hydrogen (secondary N) is 1. The van der Waals surface area contributed by atoms with Gasteiger partial charge in [-0.25, -0.2) is 19.7 Å². The highest BCUT2D eigenvalue weighted by molar-refractivity contribution is 5.74. The smallest absolute Gasteiger partial charge is 0.328 e. The summed E-state index contributed by atoms with van der Waals surface area (Å²) in [6, 6.07) is 16.3. The molecule has 32 heavy (non-hydrogen) atoms. The first kappa shape index (κ1) is 19.9. The number of hydrogen-bond acceptors (Lipinski definition) is 4. The Morgan fingerprint density at radius 3 is 2.53 bits per heavy atom. The Morgan fingerprint density at radius 1 is 1.03 bits per heavy atom.